The summed E-state index contributed by atoms with van der Waals surface area (Å²) < 4.78 is 6.54. The summed E-state index contributed by atoms with van der Waals surface area (Å²) in [5.74, 6) is 0. The van der Waals surface area contributed by atoms with E-state index in [1.165, 1.54) is 6.26 Å². The molecule has 3 rings (SSSR count). The largest absolute Gasteiger partial charge is 0.428 e. The number of nitrogens with zero attached hydrogens (tertiary/aromatic N) is 2. The van der Waals surface area contributed by atoms with E-state index in [0.717, 1.165) is 11.0 Å². The number of fused-ring (bicyclic) bond motifs is 3. The van der Waals surface area contributed by atoms with E-state index in [2.05, 4.69) is 4.98 Å². The summed E-state index contributed by atoms with van der Waals surface area (Å²) in [4.78, 5) is 15.5. The lowest BCUT2D eigenvalue weighted by atomic mass is 10.4. The smallest absolute Gasteiger partial charge is 0.360 e. The Hall–Kier alpha value is -2.10. The standard InChI is InChI=1S/C10H6N2O2/c13-10-9-6-7-8(2-1-3-11-7)12(9)4-5-14-10/h1-6H. The fourth-order valence-corrected chi connectivity index (χ4v) is 1.58. The summed E-state index contributed by atoms with van der Waals surface area (Å²) in [6.45, 7) is 0. The molecule has 3 aromatic heterocycles. The van der Waals surface area contributed by atoms with E-state index in [1.807, 2.05) is 12.1 Å². The minimum absolute atomic E-state index is 0.342. The van der Waals surface area contributed by atoms with Gasteiger partial charge in [-0.1, -0.05) is 0 Å². The van der Waals surface area contributed by atoms with Crippen LogP contribution in [0.2, 0.25) is 0 Å². The third-order valence-electron chi connectivity index (χ3n) is 2.20. The molecule has 0 N–H and O–H groups in total. The zero-order valence-corrected chi connectivity index (χ0v) is 7.18. The molecule has 3 aromatic rings. The minimum atomic E-state index is -0.342. The number of hydrogen-bond acceptors (Lipinski definition) is 3. The average Bonchev–Trinajstić information content (AvgIpc) is 2.59. The number of hydrogen-bond donors (Lipinski definition) is 0. The van der Waals surface area contributed by atoms with Gasteiger partial charge in [-0.05, 0) is 18.2 Å². The quantitative estimate of drug-likeness (QED) is 0.533. The van der Waals surface area contributed by atoms with Crippen molar-refractivity contribution in [2.75, 3.05) is 0 Å². The maximum Gasteiger partial charge on any atom is 0.360 e. The fourth-order valence-electron chi connectivity index (χ4n) is 1.58. The van der Waals surface area contributed by atoms with Gasteiger partial charge in [0.25, 0.3) is 0 Å². The summed E-state index contributed by atoms with van der Waals surface area (Å²) in [6, 6.07) is 5.47. The van der Waals surface area contributed by atoms with Gasteiger partial charge >= 0.3 is 5.63 Å². The van der Waals surface area contributed by atoms with Gasteiger partial charge in [-0.3, -0.25) is 4.98 Å². The number of aromatic nitrogens is 2. The second kappa shape index (κ2) is 2.45. The van der Waals surface area contributed by atoms with Crippen molar-refractivity contribution >= 4 is 16.6 Å². The van der Waals surface area contributed by atoms with Gasteiger partial charge in [-0.25, -0.2) is 4.79 Å². The van der Waals surface area contributed by atoms with Gasteiger partial charge in [0, 0.05) is 12.4 Å². The van der Waals surface area contributed by atoms with E-state index in [1.54, 1.807) is 22.9 Å². The Morgan fingerprint density at radius 3 is 3.21 bits per heavy atom. The molecule has 0 fully saturated rings. The molecular formula is C10H6N2O2. The number of rotatable bonds is 0. The highest BCUT2D eigenvalue weighted by Gasteiger charge is 2.05. The van der Waals surface area contributed by atoms with Crippen LogP contribution in [0.1, 0.15) is 0 Å². The van der Waals surface area contributed by atoms with E-state index in [-0.39, 0.29) is 5.63 Å². The van der Waals surface area contributed by atoms with Gasteiger partial charge in [0.1, 0.15) is 11.8 Å². The van der Waals surface area contributed by atoms with Crippen LogP contribution in [0.15, 0.2) is 46.1 Å². The molecule has 3 heterocycles. The highest BCUT2D eigenvalue weighted by Crippen LogP contribution is 2.14. The predicted octanol–water partition coefficient (Wildman–Crippen LogP) is 1.44. The monoisotopic (exact) mass is 186 g/mol. The lowest BCUT2D eigenvalue weighted by Gasteiger charge is -1.92. The van der Waals surface area contributed by atoms with Gasteiger partial charge < -0.3 is 8.82 Å². The third-order valence-corrected chi connectivity index (χ3v) is 2.20. The van der Waals surface area contributed by atoms with Crippen molar-refractivity contribution in [3.63, 3.8) is 0 Å². The number of pyridine rings is 1. The van der Waals surface area contributed by atoms with Crippen LogP contribution in [0.25, 0.3) is 16.6 Å². The molecule has 0 aliphatic rings. The Balaban J connectivity index is 2.70. The molecule has 0 aliphatic carbocycles. The molecule has 0 unspecified atom stereocenters. The van der Waals surface area contributed by atoms with Crippen molar-refractivity contribution in [1.29, 1.82) is 0 Å². The van der Waals surface area contributed by atoms with Crippen LogP contribution in [0.5, 0.6) is 0 Å². The Morgan fingerprint density at radius 2 is 2.29 bits per heavy atom. The Bertz CT molecular complexity index is 666. The van der Waals surface area contributed by atoms with Crippen LogP contribution in [0.3, 0.4) is 0 Å². The first-order valence-electron chi connectivity index (χ1n) is 4.20. The molecule has 0 amide bonds. The second-order valence-electron chi connectivity index (χ2n) is 3.00. The molecule has 0 spiro atoms. The highest BCUT2D eigenvalue weighted by atomic mass is 16.4. The van der Waals surface area contributed by atoms with Gasteiger partial charge in [-0.15, -0.1) is 0 Å². The minimum Gasteiger partial charge on any atom is -0.428 e. The predicted molar refractivity (Wildman–Crippen MR) is 51.2 cm³/mol. The second-order valence-corrected chi connectivity index (χ2v) is 3.00. The summed E-state index contributed by atoms with van der Waals surface area (Å²) in [5.41, 5.74) is 1.88. The third kappa shape index (κ3) is 0.821. The normalized spacial score (nSPS) is 11.1. The maximum atomic E-state index is 11.3. The first-order chi connectivity index (χ1) is 6.86. The van der Waals surface area contributed by atoms with E-state index >= 15 is 0 Å². The molecule has 68 valence electrons. The molecule has 0 saturated heterocycles. The Kier molecular flexibility index (Phi) is 1.28. The van der Waals surface area contributed by atoms with Crippen LogP contribution in [0, 0.1) is 0 Å². The van der Waals surface area contributed by atoms with E-state index in [9.17, 15) is 4.79 Å². The highest BCUT2D eigenvalue weighted by molar-refractivity contribution is 5.82. The van der Waals surface area contributed by atoms with Crippen molar-refractivity contribution in [3.05, 3.63) is 47.3 Å². The molecule has 4 nitrogen and oxygen atoms in total. The van der Waals surface area contributed by atoms with Crippen LogP contribution in [0.4, 0.5) is 0 Å². The first-order valence-corrected chi connectivity index (χ1v) is 4.20. The zero-order chi connectivity index (χ0) is 9.54. The fraction of sp³-hybridized carbons (Fsp3) is 0. The zero-order valence-electron chi connectivity index (χ0n) is 7.18. The van der Waals surface area contributed by atoms with Crippen LogP contribution >= 0.6 is 0 Å². The van der Waals surface area contributed by atoms with Crippen molar-refractivity contribution in [3.8, 4) is 0 Å². The maximum absolute atomic E-state index is 11.3. The summed E-state index contributed by atoms with van der Waals surface area (Å²) in [6.07, 6.45) is 4.78. The molecule has 14 heavy (non-hydrogen) atoms. The van der Waals surface area contributed by atoms with E-state index < -0.39 is 0 Å². The van der Waals surface area contributed by atoms with Crippen LogP contribution in [-0.4, -0.2) is 9.38 Å². The van der Waals surface area contributed by atoms with Crippen molar-refractivity contribution in [2.24, 2.45) is 0 Å². The van der Waals surface area contributed by atoms with Crippen molar-refractivity contribution in [2.45, 2.75) is 0 Å². The first kappa shape index (κ1) is 7.32. The SMILES string of the molecule is O=c1occn2c1cc1ncccc12. The summed E-state index contributed by atoms with van der Waals surface area (Å²) >= 11 is 0. The molecule has 0 aromatic carbocycles. The van der Waals surface area contributed by atoms with Crippen LogP contribution < -0.4 is 5.63 Å². The molecule has 0 bridgehead atoms. The Morgan fingerprint density at radius 1 is 1.36 bits per heavy atom. The summed E-state index contributed by atoms with van der Waals surface area (Å²) in [5, 5.41) is 0. The van der Waals surface area contributed by atoms with Gasteiger partial charge in [-0.2, -0.15) is 0 Å². The molecule has 4 heteroatoms. The molecule has 0 saturated carbocycles. The lowest BCUT2D eigenvalue weighted by Crippen LogP contribution is -2.00. The van der Waals surface area contributed by atoms with Gasteiger partial charge in [0.2, 0.25) is 0 Å². The lowest BCUT2D eigenvalue weighted by molar-refractivity contribution is 0.510. The van der Waals surface area contributed by atoms with E-state index in [0.29, 0.717) is 5.52 Å². The van der Waals surface area contributed by atoms with Crippen molar-refractivity contribution < 1.29 is 4.42 Å². The van der Waals surface area contributed by atoms with E-state index in [4.69, 9.17) is 4.42 Å². The van der Waals surface area contributed by atoms with Gasteiger partial charge in [0.15, 0.2) is 0 Å². The Labute approximate surface area is 78.4 Å². The molecular weight excluding hydrogens is 180 g/mol. The molecule has 0 atom stereocenters. The topological polar surface area (TPSA) is 47.5 Å². The molecule has 0 radical (unpaired) electrons. The summed E-state index contributed by atoms with van der Waals surface area (Å²) in [7, 11) is 0. The van der Waals surface area contributed by atoms with Crippen LogP contribution in [-0.2, 0) is 0 Å². The molecule has 0 aliphatic heterocycles. The van der Waals surface area contributed by atoms with Crippen molar-refractivity contribution in [1.82, 2.24) is 9.38 Å². The van der Waals surface area contributed by atoms with Gasteiger partial charge in [0.05, 0.1) is 11.0 Å². The average molecular weight is 186 g/mol.